The van der Waals surface area contributed by atoms with Crippen molar-refractivity contribution >= 4 is 11.8 Å². The molecule has 0 heterocycles. The summed E-state index contributed by atoms with van der Waals surface area (Å²) in [5.41, 5.74) is 3.73. The zero-order valence-electron chi connectivity index (χ0n) is 15.4. The van der Waals surface area contributed by atoms with Gasteiger partial charge in [0.2, 0.25) is 0 Å². The standard InChI is InChI=1S/C20H38S/c1-7-10-13-19(17-21-9-3)14-11-12-18(4)15-16-20(5,6)8-2/h12-13H,7-11,14-17H2,1-6H3/b18-12+,19-13-. The average molecular weight is 311 g/mol. The van der Waals surface area contributed by atoms with Gasteiger partial charge in [0, 0.05) is 5.75 Å². The third kappa shape index (κ3) is 12.1. The van der Waals surface area contributed by atoms with Crippen LogP contribution in [0.5, 0.6) is 0 Å². The van der Waals surface area contributed by atoms with E-state index < -0.39 is 0 Å². The third-order valence-corrected chi connectivity index (χ3v) is 5.31. The SMILES string of the molecule is CCC/C=C(/CC/C=C(\C)CCC(C)(C)CC)CSCC. The summed E-state index contributed by atoms with van der Waals surface area (Å²) in [6.45, 7) is 13.9. The maximum atomic E-state index is 2.48. The van der Waals surface area contributed by atoms with Crippen molar-refractivity contribution in [1.82, 2.24) is 0 Å². The van der Waals surface area contributed by atoms with Gasteiger partial charge < -0.3 is 0 Å². The third-order valence-electron chi connectivity index (χ3n) is 4.32. The smallest absolute Gasteiger partial charge is 0.0143 e. The molecule has 0 saturated heterocycles. The Balaban J connectivity index is 4.18. The van der Waals surface area contributed by atoms with Crippen molar-refractivity contribution < 1.29 is 0 Å². The molecule has 0 aliphatic rings. The van der Waals surface area contributed by atoms with Crippen molar-refractivity contribution in [1.29, 1.82) is 0 Å². The van der Waals surface area contributed by atoms with Gasteiger partial charge in [-0.2, -0.15) is 11.8 Å². The van der Waals surface area contributed by atoms with Gasteiger partial charge in [0.15, 0.2) is 0 Å². The summed E-state index contributed by atoms with van der Waals surface area (Å²) < 4.78 is 0. The lowest BCUT2D eigenvalue weighted by Crippen LogP contribution is -2.09. The topological polar surface area (TPSA) is 0 Å². The van der Waals surface area contributed by atoms with Gasteiger partial charge in [-0.3, -0.25) is 0 Å². The number of hydrogen-bond acceptors (Lipinski definition) is 1. The quantitative estimate of drug-likeness (QED) is 0.338. The van der Waals surface area contributed by atoms with E-state index in [1.807, 2.05) is 0 Å². The molecule has 0 nitrogen and oxygen atoms in total. The molecule has 1 heteroatoms. The van der Waals surface area contributed by atoms with Gasteiger partial charge in [-0.25, -0.2) is 0 Å². The Bertz CT molecular complexity index is 310. The first kappa shape index (κ1) is 20.8. The van der Waals surface area contributed by atoms with Gasteiger partial charge >= 0.3 is 0 Å². The van der Waals surface area contributed by atoms with Crippen molar-refractivity contribution in [2.45, 2.75) is 86.5 Å². The highest BCUT2D eigenvalue weighted by Crippen LogP contribution is 2.28. The van der Waals surface area contributed by atoms with Crippen LogP contribution in [0.25, 0.3) is 0 Å². The van der Waals surface area contributed by atoms with Gasteiger partial charge in [-0.1, -0.05) is 70.8 Å². The minimum atomic E-state index is 0.499. The molecule has 0 aliphatic carbocycles. The molecule has 0 fully saturated rings. The number of thioether (sulfide) groups is 1. The lowest BCUT2D eigenvalue weighted by atomic mass is 9.84. The van der Waals surface area contributed by atoms with E-state index in [1.54, 1.807) is 11.1 Å². The van der Waals surface area contributed by atoms with Gasteiger partial charge in [0.25, 0.3) is 0 Å². The Morgan fingerprint density at radius 2 is 1.71 bits per heavy atom. The fourth-order valence-corrected chi connectivity index (χ4v) is 2.86. The monoisotopic (exact) mass is 310 g/mol. The van der Waals surface area contributed by atoms with E-state index in [0.29, 0.717) is 5.41 Å². The Labute approximate surface area is 138 Å². The molecule has 0 aliphatic heterocycles. The first-order chi connectivity index (χ1) is 9.95. The molecule has 0 amide bonds. The first-order valence-electron chi connectivity index (χ1n) is 8.86. The molecule has 0 spiro atoms. The number of unbranched alkanes of at least 4 members (excludes halogenated alkanes) is 1. The first-order valence-corrected chi connectivity index (χ1v) is 10.0. The molecule has 21 heavy (non-hydrogen) atoms. The molecular weight excluding hydrogens is 272 g/mol. The maximum absolute atomic E-state index is 2.48. The number of rotatable bonds is 12. The van der Waals surface area contributed by atoms with Crippen LogP contribution in [0.3, 0.4) is 0 Å². The molecule has 0 bridgehead atoms. The highest BCUT2D eigenvalue weighted by atomic mass is 32.2. The predicted molar refractivity (Wildman–Crippen MR) is 102 cm³/mol. The summed E-state index contributed by atoms with van der Waals surface area (Å²) in [6.07, 6.45) is 13.8. The molecule has 0 aromatic carbocycles. The van der Waals surface area contributed by atoms with Crippen molar-refractivity contribution in [3.05, 3.63) is 23.3 Å². The van der Waals surface area contributed by atoms with Crippen molar-refractivity contribution in [2.24, 2.45) is 5.41 Å². The minimum Gasteiger partial charge on any atom is -0.158 e. The predicted octanol–water partition coefficient (Wildman–Crippen LogP) is 7.41. The van der Waals surface area contributed by atoms with E-state index in [2.05, 4.69) is 65.5 Å². The van der Waals surface area contributed by atoms with Crippen LogP contribution in [0.2, 0.25) is 0 Å². The molecule has 0 unspecified atom stereocenters. The highest BCUT2D eigenvalue weighted by molar-refractivity contribution is 7.99. The van der Waals surface area contributed by atoms with E-state index in [-0.39, 0.29) is 0 Å². The molecule has 0 saturated carbocycles. The fraction of sp³-hybridized carbons (Fsp3) is 0.800. The van der Waals surface area contributed by atoms with Gasteiger partial charge in [-0.05, 0) is 50.2 Å². The summed E-state index contributed by atoms with van der Waals surface area (Å²) in [5.74, 6) is 2.46. The normalized spacial score (nSPS) is 13.8. The lowest BCUT2D eigenvalue weighted by Gasteiger charge is -2.22. The molecular formula is C20H38S. The van der Waals surface area contributed by atoms with Crippen molar-refractivity contribution in [2.75, 3.05) is 11.5 Å². The zero-order chi connectivity index (χ0) is 16.1. The van der Waals surface area contributed by atoms with Crippen LogP contribution in [0.1, 0.15) is 86.5 Å². The summed E-state index contributed by atoms with van der Waals surface area (Å²) in [5, 5.41) is 0. The van der Waals surface area contributed by atoms with Gasteiger partial charge in [-0.15, -0.1) is 0 Å². The molecule has 124 valence electrons. The van der Waals surface area contributed by atoms with Crippen LogP contribution in [0.15, 0.2) is 23.3 Å². The zero-order valence-corrected chi connectivity index (χ0v) is 16.2. The van der Waals surface area contributed by atoms with E-state index >= 15 is 0 Å². The number of allylic oxidation sites excluding steroid dienone is 3. The van der Waals surface area contributed by atoms with Crippen LogP contribution in [-0.2, 0) is 0 Å². The van der Waals surface area contributed by atoms with E-state index in [9.17, 15) is 0 Å². The van der Waals surface area contributed by atoms with Crippen LogP contribution < -0.4 is 0 Å². The second-order valence-electron chi connectivity index (χ2n) is 6.90. The maximum Gasteiger partial charge on any atom is 0.0143 e. The van der Waals surface area contributed by atoms with Crippen molar-refractivity contribution in [3.63, 3.8) is 0 Å². The van der Waals surface area contributed by atoms with Crippen LogP contribution >= 0.6 is 11.8 Å². The Kier molecular flexibility index (Phi) is 12.3. The summed E-state index contributed by atoms with van der Waals surface area (Å²) in [6, 6.07) is 0. The average Bonchev–Trinajstić information content (AvgIpc) is 2.47. The molecule has 0 atom stereocenters. The van der Waals surface area contributed by atoms with E-state index in [4.69, 9.17) is 0 Å². The van der Waals surface area contributed by atoms with Crippen LogP contribution in [-0.4, -0.2) is 11.5 Å². The Morgan fingerprint density at radius 1 is 1.00 bits per heavy atom. The minimum absolute atomic E-state index is 0.499. The molecule has 0 rings (SSSR count). The van der Waals surface area contributed by atoms with Crippen LogP contribution in [0.4, 0.5) is 0 Å². The van der Waals surface area contributed by atoms with Gasteiger partial charge in [0.1, 0.15) is 0 Å². The molecule has 0 N–H and O–H groups in total. The summed E-state index contributed by atoms with van der Waals surface area (Å²) >= 11 is 2.05. The lowest BCUT2D eigenvalue weighted by molar-refractivity contribution is 0.322. The largest absolute Gasteiger partial charge is 0.158 e. The highest BCUT2D eigenvalue weighted by Gasteiger charge is 2.14. The second-order valence-corrected chi connectivity index (χ2v) is 8.17. The van der Waals surface area contributed by atoms with Crippen molar-refractivity contribution in [3.8, 4) is 0 Å². The molecule has 0 aromatic heterocycles. The second kappa shape index (κ2) is 12.4. The molecule has 0 aromatic rings. The number of hydrogen-bond donors (Lipinski definition) is 0. The fourth-order valence-electron chi connectivity index (χ4n) is 2.13. The van der Waals surface area contributed by atoms with E-state index in [0.717, 1.165) is 0 Å². The van der Waals surface area contributed by atoms with E-state index in [1.165, 1.54) is 56.5 Å². The summed E-state index contributed by atoms with van der Waals surface area (Å²) in [4.78, 5) is 0. The Hall–Kier alpha value is -0.170. The van der Waals surface area contributed by atoms with Gasteiger partial charge in [0.05, 0.1) is 0 Å². The van der Waals surface area contributed by atoms with Crippen LogP contribution in [0, 0.1) is 5.41 Å². The Morgan fingerprint density at radius 3 is 2.29 bits per heavy atom. The summed E-state index contributed by atoms with van der Waals surface area (Å²) in [7, 11) is 0. The molecule has 0 radical (unpaired) electrons.